The molecule has 2 N–H and O–H groups in total. The van der Waals surface area contributed by atoms with Crippen LogP contribution < -0.4 is 10.6 Å². The molecule has 0 radical (unpaired) electrons. The minimum Gasteiger partial charge on any atom is -0.358 e. The summed E-state index contributed by atoms with van der Waals surface area (Å²) < 4.78 is 32.3. The molecule has 0 saturated carbocycles. The lowest BCUT2D eigenvalue weighted by atomic mass is 10.1. The second-order valence-corrected chi connectivity index (χ2v) is 9.00. The highest BCUT2D eigenvalue weighted by Gasteiger charge is 2.23. The zero-order valence-electron chi connectivity index (χ0n) is 21.9. The molecule has 0 saturated heterocycles. The van der Waals surface area contributed by atoms with Crippen molar-refractivity contribution in [3.8, 4) is 0 Å². The van der Waals surface area contributed by atoms with E-state index in [4.69, 9.17) is 4.52 Å². The fourth-order valence-corrected chi connectivity index (χ4v) is 3.95. The fourth-order valence-electron chi connectivity index (χ4n) is 3.95. The standard InChI is InChI=1S/C26H39F2N5O3/c1-6-10-22(29-25(34)15-19-13-20(27)16-21(28)14-19)26(35)30-24-17-23(36-31-24)18(4)32(5)11-9-12-33(7-2)8-3/h13-14,16-18,22H,6-12,15H2,1-5H3,(H,29,34)(H,30,31,35). The van der Waals surface area contributed by atoms with E-state index in [0.717, 1.165) is 50.8 Å². The van der Waals surface area contributed by atoms with Gasteiger partial charge < -0.3 is 20.1 Å². The number of benzene rings is 1. The van der Waals surface area contributed by atoms with Crippen molar-refractivity contribution in [3.63, 3.8) is 0 Å². The zero-order chi connectivity index (χ0) is 26.7. The lowest BCUT2D eigenvalue weighted by molar-refractivity contribution is -0.126. The zero-order valence-corrected chi connectivity index (χ0v) is 21.9. The van der Waals surface area contributed by atoms with Gasteiger partial charge in [-0.05, 0) is 70.7 Å². The summed E-state index contributed by atoms with van der Waals surface area (Å²) in [6.45, 7) is 12.2. The fraction of sp³-hybridized carbons (Fsp3) is 0.577. The first-order valence-electron chi connectivity index (χ1n) is 12.6. The first-order chi connectivity index (χ1) is 17.2. The molecule has 2 amide bonds. The summed E-state index contributed by atoms with van der Waals surface area (Å²) in [5.41, 5.74) is 0.192. The molecule has 2 atom stereocenters. The van der Waals surface area contributed by atoms with Crippen molar-refractivity contribution in [1.29, 1.82) is 0 Å². The van der Waals surface area contributed by atoms with Gasteiger partial charge in [0.2, 0.25) is 11.8 Å². The first kappa shape index (κ1) is 29.4. The van der Waals surface area contributed by atoms with Gasteiger partial charge in [0.05, 0.1) is 12.5 Å². The lowest BCUT2D eigenvalue weighted by Crippen LogP contribution is -2.44. The van der Waals surface area contributed by atoms with Crippen molar-refractivity contribution in [3.05, 3.63) is 47.2 Å². The molecule has 0 spiro atoms. The molecule has 200 valence electrons. The van der Waals surface area contributed by atoms with Crippen molar-refractivity contribution >= 4 is 17.6 Å². The van der Waals surface area contributed by atoms with Crippen molar-refractivity contribution in [1.82, 2.24) is 20.3 Å². The summed E-state index contributed by atoms with van der Waals surface area (Å²) in [6, 6.07) is 3.77. The Morgan fingerprint density at radius 2 is 1.72 bits per heavy atom. The van der Waals surface area contributed by atoms with Crippen LogP contribution in [0.3, 0.4) is 0 Å². The molecule has 0 fully saturated rings. The monoisotopic (exact) mass is 507 g/mol. The average Bonchev–Trinajstić information content (AvgIpc) is 3.28. The van der Waals surface area contributed by atoms with Crippen LogP contribution >= 0.6 is 0 Å². The Morgan fingerprint density at radius 3 is 2.33 bits per heavy atom. The number of halogens is 2. The topological polar surface area (TPSA) is 90.7 Å². The second-order valence-electron chi connectivity index (χ2n) is 9.00. The molecule has 1 heterocycles. The normalized spacial score (nSPS) is 13.1. The lowest BCUT2D eigenvalue weighted by Gasteiger charge is -2.24. The third-order valence-corrected chi connectivity index (χ3v) is 6.25. The predicted octanol–water partition coefficient (Wildman–Crippen LogP) is 4.14. The third-order valence-electron chi connectivity index (χ3n) is 6.25. The highest BCUT2D eigenvalue weighted by molar-refractivity contribution is 5.96. The van der Waals surface area contributed by atoms with E-state index in [0.29, 0.717) is 18.6 Å². The van der Waals surface area contributed by atoms with Crippen LogP contribution in [-0.4, -0.2) is 66.0 Å². The molecule has 8 nitrogen and oxygen atoms in total. The van der Waals surface area contributed by atoms with Gasteiger partial charge in [-0.25, -0.2) is 8.78 Å². The molecule has 2 rings (SSSR count). The van der Waals surface area contributed by atoms with Crippen LogP contribution in [0.25, 0.3) is 0 Å². The molecule has 0 aliphatic heterocycles. The molecular formula is C26H39F2N5O3. The van der Waals surface area contributed by atoms with Gasteiger partial charge in [0.15, 0.2) is 11.6 Å². The molecular weight excluding hydrogens is 468 g/mol. The molecule has 10 heteroatoms. The summed E-state index contributed by atoms with van der Waals surface area (Å²) in [4.78, 5) is 29.8. The van der Waals surface area contributed by atoms with E-state index >= 15 is 0 Å². The number of carbonyl (C=O) groups is 2. The Kier molecular flexibility index (Phi) is 12.0. The summed E-state index contributed by atoms with van der Waals surface area (Å²) in [5, 5.41) is 9.31. The Hall–Kier alpha value is -2.85. The molecule has 1 aromatic carbocycles. The van der Waals surface area contributed by atoms with Crippen LogP contribution in [0.5, 0.6) is 0 Å². The molecule has 0 aliphatic rings. The molecule has 2 unspecified atom stereocenters. The van der Waals surface area contributed by atoms with Gasteiger partial charge in [-0.3, -0.25) is 14.5 Å². The van der Waals surface area contributed by atoms with E-state index in [1.807, 2.05) is 20.9 Å². The van der Waals surface area contributed by atoms with E-state index < -0.39 is 29.5 Å². The van der Waals surface area contributed by atoms with Gasteiger partial charge >= 0.3 is 0 Å². The van der Waals surface area contributed by atoms with Crippen LogP contribution in [0.1, 0.15) is 64.3 Å². The first-order valence-corrected chi connectivity index (χ1v) is 12.6. The minimum atomic E-state index is -0.818. The third kappa shape index (κ3) is 9.31. The smallest absolute Gasteiger partial charge is 0.248 e. The quantitative estimate of drug-likeness (QED) is 0.377. The maximum atomic E-state index is 13.4. The van der Waals surface area contributed by atoms with E-state index in [2.05, 4.69) is 39.4 Å². The highest BCUT2D eigenvalue weighted by atomic mass is 19.1. The van der Waals surface area contributed by atoms with Crippen LogP contribution in [0.2, 0.25) is 0 Å². The Labute approximate surface area is 212 Å². The maximum Gasteiger partial charge on any atom is 0.248 e. The number of aromatic nitrogens is 1. The van der Waals surface area contributed by atoms with Crippen LogP contribution in [0.15, 0.2) is 28.8 Å². The molecule has 36 heavy (non-hydrogen) atoms. The van der Waals surface area contributed by atoms with Crippen molar-refractivity contribution in [2.24, 2.45) is 0 Å². The minimum absolute atomic E-state index is 0.0299. The Bertz CT molecular complexity index is 960. The van der Waals surface area contributed by atoms with Crippen molar-refractivity contribution < 1.29 is 22.9 Å². The van der Waals surface area contributed by atoms with Gasteiger partial charge in [0.25, 0.3) is 0 Å². The number of hydrogen-bond donors (Lipinski definition) is 2. The largest absolute Gasteiger partial charge is 0.358 e. The number of nitrogens with one attached hydrogen (secondary N) is 2. The molecule has 0 bridgehead atoms. The van der Waals surface area contributed by atoms with Crippen LogP contribution in [0.4, 0.5) is 14.6 Å². The van der Waals surface area contributed by atoms with Crippen LogP contribution in [-0.2, 0) is 16.0 Å². The van der Waals surface area contributed by atoms with Crippen LogP contribution in [0, 0.1) is 11.6 Å². The predicted molar refractivity (Wildman–Crippen MR) is 135 cm³/mol. The number of rotatable bonds is 15. The number of nitrogens with zero attached hydrogens (tertiary/aromatic N) is 3. The van der Waals surface area contributed by atoms with Gasteiger partial charge in [-0.15, -0.1) is 0 Å². The number of amides is 2. The summed E-state index contributed by atoms with van der Waals surface area (Å²) >= 11 is 0. The number of carbonyl (C=O) groups excluding carboxylic acids is 2. The van der Waals surface area contributed by atoms with E-state index in [-0.39, 0.29) is 23.8 Å². The second kappa shape index (κ2) is 14.6. The number of hydrogen-bond acceptors (Lipinski definition) is 6. The van der Waals surface area contributed by atoms with Gasteiger partial charge in [-0.1, -0.05) is 32.3 Å². The number of anilines is 1. The van der Waals surface area contributed by atoms with E-state index in [9.17, 15) is 18.4 Å². The molecule has 1 aromatic heterocycles. The van der Waals surface area contributed by atoms with Crippen molar-refractivity contribution in [2.45, 2.75) is 65.5 Å². The van der Waals surface area contributed by atoms with Gasteiger partial charge in [0.1, 0.15) is 17.7 Å². The molecule has 0 aliphatic carbocycles. The van der Waals surface area contributed by atoms with Gasteiger partial charge in [-0.2, -0.15) is 0 Å². The Balaban J connectivity index is 1.92. The average molecular weight is 508 g/mol. The Morgan fingerprint density at radius 1 is 1.06 bits per heavy atom. The maximum absolute atomic E-state index is 13.4. The summed E-state index contributed by atoms with van der Waals surface area (Å²) in [5.74, 6) is -1.57. The van der Waals surface area contributed by atoms with E-state index in [1.165, 1.54) is 0 Å². The summed E-state index contributed by atoms with van der Waals surface area (Å²) in [7, 11) is 2.02. The summed E-state index contributed by atoms with van der Waals surface area (Å²) in [6.07, 6.45) is 1.83. The SMILES string of the molecule is CCCC(NC(=O)Cc1cc(F)cc(F)c1)C(=O)Nc1cc(C(C)N(C)CCCN(CC)CC)on1. The highest BCUT2D eigenvalue weighted by Crippen LogP contribution is 2.22. The van der Waals surface area contributed by atoms with E-state index in [1.54, 1.807) is 6.07 Å². The molecule has 2 aromatic rings. The van der Waals surface area contributed by atoms with Crippen molar-refractivity contribution in [2.75, 3.05) is 38.5 Å². The van der Waals surface area contributed by atoms with Gasteiger partial charge in [0, 0.05) is 12.1 Å².